The first-order chi connectivity index (χ1) is 22.8. The molecule has 2 aromatic carbocycles. The molecule has 238 valence electrons. The number of aromatic amines is 1. The molecule has 9 nitrogen and oxygen atoms in total. The van der Waals surface area contributed by atoms with Gasteiger partial charge in [0.2, 0.25) is 5.56 Å². The van der Waals surface area contributed by atoms with Crippen LogP contribution in [-0.2, 0) is 13.6 Å². The number of benzene rings is 2. The van der Waals surface area contributed by atoms with Crippen molar-refractivity contribution in [2.75, 3.05) is 13.7 Å². The maximum absolute atomic E-state index is 13.8. The van der Waals surface area contributed by atoms with E-state index in [0.717, 1.165) is 80.8 Å². The lowest BCUT2D eigenvalue weighted by atomic mass is 10.0. The van der Waals surface area contributed by atoms with Crippen LogP contribution in [0.2, 0.25) is 0 Å². The van der Waals surface area contributed by atoms with Crippen molar-refractivity contribution in [2.24, 2.45) is 24.8 Å². The molecule has 1 saturated heterocycles. The standard InChI is InChI=1S/C38H38N6O3/c1-20-13-34(45)39-29-11-7-23(14-27(20)29)28-10-8-24-16-32(43(36(24)40-28)18-22-5-6-22)37-41-30-15-26(17-33(47-4)35(30)42(37)3)38(46)44-19-25-9-12-31(44)21(25)2/h7-8,10-11,13-17,21-22,25,31H,5-6,9,12,18-19H2,1-4H3,(H,39,45)/t21-,25?,31?/m1/s1. The Morgan fingerprint density at radius 3 is 2.62 bits per heavy atom. The van der Waals surface area contributed by atoms with Gasteiger partial charge in [0, 0.05) is 59.7 Å². The molecule has 1 N–H and O–H groups in total. The van der Waals surface area contributed by atoms with Crippen LogP contribution in [0.1, 0.15) is 48.5 Å². The van der Waals surface area contributed by atoms with Crippen molar-refractivity contribution in [3.63, 3.8) is 0 Å². The summed E-state index contributed by atoms with van der Waals surface area (Å²) in [6.45, 7) is 5.96. The van der Waals surface area contributed by atoms with E-state index in [-0.39, 0.29) is 11.5 Å². The van der Waals surface area contributed by atoms with E-state index < -0.39 is 0 Å². The van der Waals surface area contributed by atoms with Gasteiger partial charge in [-0.1, -0.05) is 13.0 Å². The van der Waals surface area contributed by atoms with E-state index in [9.17, 15) is 9.59 Å². The van der Waals surface area contributed by atoms with Gasteiger partial charge in [0.15, 0.2) is 5.82 Å². The lowest BCUT2D eigenvalue weighted by Crippen LogP contribution is -2.38. The molecule has 47 heavy (non-hydrogen) atoms. The maximum Gasteiger partial charge on any atom is 0.254 e. The van der Waals surface area contributed by atoms with Gasteiger partial charge in [-0.25, -0.2) is 9.97 Å². The van der Waals surface area contributed by atoms with Gasteiger partial charge in [-0.2, -0.15) is 0 Å². The SMILES string of the molecule is COc1cc(C(=O)N2CC3CCC2[C@@H]3C)cc2nc(-c3cc4ccc(-c5ccc6[nH]c(=O)cc(C)c6c5)nc4n3CC3CC3)n(C)c12. The monoisotopic (exact) mass is 626 g/mol. The lowest BCUT2D eigenvalue weighted by Gasteiger charge is -2.27. The molecular formula is C38H38N6O3. The van der Waals surface area contributed by atoms with Crippen molar-refractivity contribution < 1.29 is 9.53 Å². The molecule has 2 saturated carbocycles. The fourth-order valence-corrected chi connectivity index (χ4v) is 8.33. The third-order valence-corrected chi connectivity index (χ3v) is 11.1. The fraction of sp³-hybridized carbons (Fsp3) is 0.368. The number of pyridine rings is 2. The van der Waals surface area contributed by atoms with Crippen LogP contribution in [0.3, 0.4) is 0 Å². The van der Waals surface area contributed by atoms with Gasteiger partial charge >= 0.3 is 0 Å². The molecule has 2 unspecified atom stereocenters. The minimum absolute atomic E-state index is 0.0753. The predicted octanol–water partition coefficient (Wildman–Crippen LogP) is 6.70. The number of nitrogens with one attached hydrogen (secondary N) is 1. The first-order valence-electron chi connectivity index (χ1n) is 16.8. The number of aryl methyl sites for hydroxylation is 2. The number of methoxy groups -OCH3 is 1. The zero-order chi connectivity index (χ0) is 32.1. The quantitative estimate of drug-likeness (QED) is 0.222. The highest BCUT2D eigenvalue weighted by Crippen LogP contribution is 2.44. The topological polar surface area (TPSA) is 98.0 Å². The van der Waals surface area contributed by atoms with Gasteiger partial charge in [-0.15, -0.1) is 0 Å². The third-order valence-electron chi connectivity index (χ3n) is 11.1. The highest BCUT2D eigenvalue weighted by molar-refractivity contribution is 6.00. The largest absolute Gasteiger partial charge is 0.494 e. The highest BCUT2D eigenvalue weighted by atomic mass is 16.5. The second kappa shape index (κ2) is 10.3. The molecule has 9 heteroatoms. The number of likely N-dealkylation sites (tertiary alicyclic amines) is 1. The third kappa shape index (κ3) is 4.42. The Kier molecular flexibility index (Phi) is 6.20. The maximum atomic E-state index is 13.8. The van der Waals surface area contributed by atoms with Gasteiger partial charge in [0.05, 0.1) is 24.0 Å². The predicted molar refractivity (Wildman–Crippen MR) is 184 cm³/mol. The van der Waals surface area contributed by atoms with Gasteiger partial charge in [0.1, 0.15) is 16.9 Å². The van der Waals surface area contributed by atoms with Crippen molar-refractivity contribution in [2.45, 2.75) is 52.1 Å². The Bertz CT molecular complexity index is 2330. The van der Waals surface area contributed by atoms with Crippen LogP contribution < -0.4 is 10.3 Å². The number of hydrogen-bond donors (Lipinski definition) is 1. The summed E-state index contributed by atoms with van der Waals surface area (Å²) < 4.78 is 10.3. The number of piperidine rings is 1. The number of carbonyl (C=O) groups excluding carboxylic acids is 1. The molecule has 1 aliphatic heterocycles. The summed E-state index contributed by atoms with van der Waals surface area (Å²) in [5.41, 5.74) is 7.74. The molecular weight excluding hydrogens is 588 g/mol. The normalized spacial score (nSPS) is 20.7. The number of hydrogen-bond acceptors (Lipinski definition) is 5. The first kappa shape index (κ1) is 28.3. The van der Waals surface area contributed by atoms with Gasteiger partial charge in [-0.05, 0) is 98.4 Å². The summed E-state index contributed by atoms with van der Waals surface area (Å²) in [7, 11) is 3.69. The van der Waals surface area contributed by atoms with E-state index in [1.807, 2.05) is 38.2 Å². The number of carbonyl (C=O) groups is 1. The molecule has 3 atom stereocenters. The Balaban J connectivity index is 1.15. The first-order valence-corrected chi connectivity index (χ1v) is 16.8. The van der Waals surface area contributed by atoms with Crippen molar-refractivity contribution in [3.05, 3.63) is 76.1 Å². The molecule has 2 aliphatic carbocycles. The zero-order valence-electron chi connectivity index (χ0n) is 27.2. The van der Waals surface area contributed by atoms with Crippen LogP contribution in [0.25, 0.3) is 55.7 Å². The smallest absolute Gasteiger partial charge is 0.254 e. The molecule has 4 aromatic heterocycles. The average molecular weight is 627 g/mol. The Labute approximate surface area is 272 Å². The number of amides is 1. The van der Waals surface area contributed by atoms with Crippen LogP contribution in [0.5, 0.6) is 5.75 Å². The van der Waals surface area contributed by atoms with Gasteiger partial charge in [-0.3, -0.25) is 9.59 Å². The van der Waals surface area contributed by atoms with Crippen LogP contribution in [-0.4, -0.2) is 54.6 Å². The van der Waals surface area contributed by atoms with E-state index in [4.69, 9.17) is 14.7 Å². The Hall–Kier alpha value is -4.92. The van der Waals surface area contributed by atoms with Crippen molar-refractivity contribution >= 4 is 38.9 Å². The molecule has 1 amide bonds. The molecule has 6 aromatic rings. The van der Waals surface area contributed by atoms with Crippen LogP contribution in [0.15, 0.2) is 59.4 Å². The Morgan fingerprint density at radius 1 is 1.02 bits per heavy atom. The highest BCUT2D eigenvalue weighted by Gasteiger charge is 2.46. The van der Waals surface area contributed by atoms with E-state index in [1.165, 1.54) is 19.3 Å². The molecule has 0 radical (unpaired) electrons. The number of H-pyrrole nitrogens is 1. The second-order valence-electron chi connectivity index (χ2n) is 14.0. The number of aromatic nitrogens is 5. The summed E-state index contributed by atoms with van der Waals surface area (Å²) >= 11 is 0. The molecule has 3 fully saturated rings. The van der Waals surface area contributed by atoms with Gasteiger partial charge in [0.25, 0.3) is 5.91 Å². The molecule has 9 rings (SSSR count). The fourth-order valence-electron chi connectivity index (χ4n) is 8.33. The summed E-state index contributed by atoms with van der Waals surface area (Å²) in [5.74, 6) is 3.33. The molecule has 3 aliphatic rings. The average Bonchev–Trinajstić information content (AvgIpc) is 3.47. The van der Waals surface area contributed by atoms with E-state index in [0.29, 0.717) is 35.1 Å². The summed E-state index contributed by atoms with van der Waals surface area (Å²) in [6.07, 6.45) is 4.73. The van der Waals surface area contributed by atoms with Crippen molar-refractivity contribution in [3.8, 4) is 28.5 Å². The van der Waals surface area contributed by atoms with E-state index in [2.05, 4.69) is 50.2 Å². The van der Waals surface area contributed by atoms with E-state index >= 15 is 0 Å². The number of fused-ring (bicyclic) bond motifs is 5. The summed E-state index contributed by atoms with van der Waals surface area (Å²) in [5, 5.41) is 2.06. The van der Waals surface area contributed by atoms with E-state index in [1.54, 1.807) is 13.2 Å². The minimum atomic E-state index is -0.0943. The van der Waals surface area contributed by atoms with Crippen LogP contribution in [0, 0.1) is 24.7 Å². The Morgan fingerprint density at radius 2 is 1.87 bits per heavy atom. The van der Waals surface area contributed by atoms with Crippen molar-refractivity contribution in [1.82, 2.24) is 29.0 Å². The number of imidazole rings is 1. The molecule has 2 bridgehead atoms. The number of ether oxygens (including phenoxy) is 1. The molecule has 0 spiro atoms. The minimum Gasteiger partial charge on any atom is -0.494 e. The second-order valence-corrected chi connectivity index (χ2v) is 14.0. The number of rotatable bonds is 6. The van der Waals surface area contributed by atoms with Crippen LogP contribution >= 0.6 is 0 Å². The van der Waals surface area contributed by atoms with Gasteiger partial charge < -0.3 is 23.8 Å². The number of nitrogens with zero attached hydrogens (tertiary/aromatic N) is 5. The lowest BCUT2D eigenvalue weighted by molar-refractivity contribution is 0.0696. The molecule has 5 heterocycles. The summed E-state index contributed by atoms with van der Waals surface area (Å²) in [4.78, 5) is 41.2. The van der Waals surface area contributed by atoms with Crippen LogP contribution in [0.4, 0.5) is 0 Å². The summed E-state index contributed by atoms with van der Waals surface area (Å²) in [6, 6.07) is 18.3. The van der Waals surface area contributed by atoms with Crippen molar-refractivity contribution in [1.29, 1.82) is 0 Å². The zero-order valence-corrected chi connectivity index (χ0v) is 27.2.